The van der Waals surface area contributed by atoms with E-state index in [-0.39, 0.29) is 0 Å². The van der Waals surface area contributed by atoms with Crippen LogP contribution in [-0.2, 0) is 12.8 Å². The number of nitrogens with two attached hydrogens (primary N) is 2. The summed E-state index contributed by atoms with van der Waals surface area (Å²) in [4.78, 5) is 4.35. The van der Waals surface area contributed by atoms with E-state index in [0.29, 0.717) is 11.6 Å². The first kappa shape index (κ1) is 15.6. The summed E-state index contributed by atoms with van der Waals surface area (Å²) in [5, 5.41) is 0. The summed E-state index contributed by atoms with van der Waals surface area (Å²) in [7, 11) is 0. The highest BCUT2D eigenvalue weighted by molar-refractivity contribution is 9.10. The summed E-state index contributed by atoms with van der Waals surface area (Å²) in [6.45, 7) is 0. The molecule has 1 heterocycles. The van der Waals surface area contributed by atoms with Gasteiger partial charge in [0.15, 0.2) is 0 Å². The molecule has 0 bridgehead atoms. The molecule has 0 saturated carbocycles. The van der Waals surface area contributed by atoms with Crippen LogP contribution in [0.15, 0.2) is 65.1 Å². The number of nitrogen functional groups attached to an aromatic ring is 2. The summed E-state index contributed by atoms with van der Waals surface area (Å²) in [5.41, 5.74) is 16.6. The van der Waals surface area contributed by atoms with Crippen molar-refractivity contribution in [3.05, 3.63) is 87.4 Å². The van der Waals surface area contributed by atoms with Crippen molar-refractivity contribution >= 4 is 27.6 Å². The van der Waals surface area contributed by atoms with Gasteiger partial charge in [-0.25, -0.2) is 4.98 Å². The molecule has 0 unspecified atom stereocenters. The second kappa shape index (κ2) is 6.84. The van der Waals surface area contributed by atoms with Crippen LogP contribution in [0.4, 0.5) is 11.6 Å². The molecule has 0 atom stereocenters. The minimum atomic E-state index is 0.482. The fraction of sp³-hybridized carbons (Fsp3) is 0.105. The molecule has 0 radical (unpaired) electrons. The molecule has 4 heteroatoms. The van der Waals surface area contributed by atoms with E-state index >= 15 is 0 Å². The number of aromatic nitrogens is 1. The number of benzene rings is 2. The second-order valence-corrected chi connectivity index (χ2v) is 6.27. The van der Waals surface area contributed by atoms with Gasteiger partial charge in [0, 0.05) is 28.4 Å². The number of hydrogen-bond donors (Lipinski definition) is 2. The van der Waals surface area contributed by atoms with Crippen LogP contribution in [0.2, 0.25) is 0 Å². The Morgan fingerprint density at radius 2 is 1.09 bits per heavy atom. The van der Waals surface area contributed by atoms with Crippen LogP contribution < -0.4 is 11.5 Å². The highest BCUT2D eigenvalue weighted by atomic mass is 79.9. The Kier molecular flexibility index (Phi) is 4.63. The molecular weight excluding hydrogens is 350 g/mol. The average molecular weight is 368 g/mol. The molecule has 1 aromatic heterocycles. The highest BCUT2D eigenvalue weighted by Gasteiger charge is 2.16. The molecule has 116 valence electrons. The molecule has 3 rings (SSSR count). The maximum Gasteiger partial charge on any atom is 0.130 e. The topological polar surface area (TPSA) is 64.9 Å². The van der Waals surface area contributed by atoms with Crippen LogP contribution in [0, 0.1) is 0 Å². The number of hydrogen-bond acceptors (Lipinski definition) is 3. The average Bonchev–Trinajstić information content (AvgIpc) is 2.57. The van der Waals surface area contributed by atoms with E-state index in [1.165, 1.54) is 11.1 Å². The molecule has 0 fully saturated rings. The van der Waals surface area contributed by atoms with Crippen molar-refractivity contribution in [1.82, 2.24) is 4.98 Å². The molecule has 0 aliphatic rings. The van der Waals surface area contributed by atoms with Crippen LogP contribution in [0.3, 0.4) is 0 Å². The number of halogens is 1. The monoisotopic (exact) mass is 367 g/mol. The Bertz CT molecular complexity index is 736. The van der Waals surface area contributed by atoms with Crippen molar-refractivity contribution in [1.29, 1.82) is 0 Å². The smallest absolute Gasteiger partial charge is 0.130 e. The molecule has 0 amide bonds. The van der Waals surface area contributed by atoms with Gasteiger partial charge in [-0.2, -0.15) is 0 Å². The quantitative estimate of drug-likeness (QED) is 0.726. The Labute approximate surface area is 144 Å². The molecule has 4 N–H and O–H groups in total. The van der Waals surface area contributed by atoms with Gasteiger partial charge in [-0.15, -0.1) is 0 Å². The van der Waals surface area contributed by atoms with Crippen molar-refractivity contribution in [2.45, 2.75) is 12.8 Å². The SMILES string of the molecule is Nc1nc(N)c(Cc2ccccc2)c(Br)c1Cc1ccccc1. The molecule has 0 aliphatic carbocycles. The van der Waals surface area contributed by atoms with Crippen molar-refractivity contribution in [2.75, 3.05) is 11.5 Å². The van der Waals surface area contributed by atoms with Gasteiger partial charge in [0.25, 0.3) is 0 Å². The minimum Gasteiger partial charge on any atom is -0.383 e. The lowest BCUT2D eigenvalue weighted by atomic mass is 10.00. The standard InChI is InChI=1S/C19H18BrN3/c20-17-15(11-13-7-3-1-4-8-13)18(21)23-19(22)16(17)12-14-9-5-2-6-10-14/h1-10H,11-12H2,(H4,21,22,23). The van der Waals surface area contributed by atoms with E-state index in [1.54, 1.807) is 0 Å². The Hall–Kier alpha value is -2.33. The second-order valence-electron chi connectivity index (χ2n) is 5.48. The lowest BCUT2D eigenvalue weighted by Crippen LogP contribution is -2.08. The van der Waals surface area contributed by atoms with E-state index in [0.717, 1.165) is 28.4 Å². The van der Waals surface area contributed by atoms with Crippen molar-refractivity contribution in [2.24, 2.45) is 0 Å². The third-order valence-electron chi connectivity index (χ3n) is 3.84. The van der Waals surface area contributed by atoms with Gasteiger partial charge < -0.3 is 11.5 Å². The fourth-order valence-electron chi connectivity index (χ4n) is 2.61. The molecule has 3 aromatic rings. The van der Waals surface area contributed by atoms with E-state index in [1.807, 2.05) is 36.4 Å². The zero-order valence-corrected chi connectivity index (χ0v) is 14.3. The van der Waals surface area contributed by atoms with Crippen molar-refractivity contribution in [3.63, 3.8) is 0 Å². The predicted octanol–water partition coefficient (Wildman–Crippen LogP) is 4.19. The first-order valence-corrected chi connectivity index (χ1v) is 8.24. The van der Waals surface area contributed by atoms with Gasteiger partial charge in [0.1, 0.15) is 11.6 Å². The largest absolute Gasteiger partial charge is 0.383 e. The Morgan fingerprint density at radius 1 is 0.696 bits per heavy atom. The van der Waals surface area contributed by atoms with Gasteiger partial charge in [0.2, 0.25) is 0 Å². The summed E-state index contributed by atoms with van der Waals surface area (Å²) < 4.78 is 0.954. The zero-order chi connectivity index (χ0) is 16.2. The van der Waals surface area contributed by atoms with E-state index in [4.69, 9.17) is 11.5 Å². The maximum absolute atomic E-state index is 6.11. The lowest BCUT2D eigenvalue weighted by Gasteiger charge is -2.15. The van der Waals surface area contributed by atoms with Gasteiger partial charge in [-0.05, 0) is 27.1 Å². The minimum absolute atomic E-state index is 0.482. The molecule has 2 aromatic carbocycles. The van der Waals surface area contributed by atoms with Crippen LogP contribution in [-0.4, -0.2) is 4.98 Å². The van der Waals surface area contributed by atoms with E-state index < -0.39 is 0 Å². The molecule has 3 nitrogen and oxygen atoms in total. The van der Waals surface area contributed by atoms with E-state index in [2.05, 4.69) is 45.2 Å². The molecule has 0 saturated heterocycles. The number of rotatable bonds is 4. The third-order valence-corrected chi connectivity index (χ3v) is 4.79. The van der Waals surface area contributed by atoms with Gasteiger partial charge in [-0.1, -0.05) is 60.7 Å². The summed E-state index contributed by atoms with van der Waals surface area (Å²) >= 11 is 3.70. The van der Waals surface area contributed by atoms with Gasteiger partial charge >= 0.3 is 0 Å². The molecular formula is C19H18BrN3. The van der Waals surface area contributed by atoms with Gasteiger partial charge in [-0.3, -0.25) is 0 Å². The normalized spacial score (nSPS) is 10.7. The number of pyridine rings is 1. The molecule has 0 aliphatic heterocycles. The van der Waals surface area contributed by atoms with Crippen LogP contribution in [0.1, 0.15) is 22.3 Å². The lowest BCUT2D eigenvalue weighted by molar-refractivity contribution is 1.08. The zero-order valence-electron chi connectivity index (χ0n) is 12.7. The first-order valence-electron chi connectivity index (χ1n) is 7.45. The summed E-state index contributed by atoms with van der Waals surface area (Å²) in [5.74, 6) is 0.963. The van der Waals surface area contributed by atoms with Crippen LogP contribution in [0.5, 0.6) is 0 Å². The van der Waals surface area contributed by atoms with Crippen molar-refractivity contribution in [3.8, 4) is 0 Å². The fourth-order valence-corrected chi connectivity index (χ4v) is 3.29. The number of nitrogens with zero attached hydrogens (tertiary/aromatic N) is 1. The van der Waals surface area contributed by atoms with Crippen molar-refractivity contribution < 1.29 is 0 Å². The molecule has 23 heavy (non-hydrogen) atoms. The maximum atomic E-state index is 6.11. The van der Waals surface area contributed by atoms with Crippen LogP contribution >= 0.6 is 15.9 Å². The third kappa shape index (κ3) is 3.54. The predicted molar refractivity (Wildman–Crippen MR) is 99.3 cm³/mol. The number of anilines is 2. The molecule has 0 spiro atoms. The highest BCUT2D eigenvalue weighted by Crippen LogP contribution is 2.32. The Balaban J connectivity index is 1.99. The first-order chi connectivity index (χ1) is 11.1. The van der Waals surface area contributed by atoms with Gasteiger partial charge in [0.05, 0.1) is 0 Å². The van der Waals surface area contributed by atoms with Crippen LogP contribution in [0.25, 0.3) is 0 Å². The summed E-state index contributed by atoms with van der Waals surface area (Å²) in [6, 6.07) is 20.4. The summed E-state index contributed by atoms with van der Waals surface area (Å²) in [6.07, 6.45) is 1.45. The Morgan fingerprint density at radius 3 is 1.48 bits per heavy atom. The van der Waals surface area contributed by atoms with E-state index in [9.17, 15) is 0 Å².